The predicted molar refractivity (Wildman–Crippen MR) is 74.7 cm³/mol. The first-order chi connectivity index (χ1) is 9.70. The van der Waals surface area contributed by atoms with Crippen LogP contribution in [0.4, 0.5) is 5.69 Å². The molecule has 110 valence electrons. The minimum Gasteiger partial charge on any atom is -0.383 e. The summed E-state index contributed by atoms with van der Waals surface area (Å²) in [6.45, 7) is 2.50. The summed E-state index contributed by atoms with van der Waals surface area (Å²) in [6, 6.07) is 1.51. The summed E-state index contributed by atoms with van der Waals surface area (Å²) in [7, 11) is 1.61. The first-order valence-corrected chi connectivity index (χ1v) is 6.77. The van der Waals surface area contributed by atoms with Gasteiger partial charge >= 0.3 is 0 Å². The van der Waals surface area contributed by atoms with Crippen LogP contribution in [0.1, 0.15) is 12.8 Å². The van der Waals surface area contributed by atoms with Gasteiger partial charge in [0, 0.05) is 32.8 Å². The van der Waals surface area contributed by atoms with E-state index in [-0.39, 0.29) is 17.4 Å². The van der Waals surface area contributed by atoms with Gasteiger partial charge in [0.25, 0.3) is 5.56 Å². The highest BCUT2D eigenvalue weighted by atomic mass is 16.5. The third-order valence-corrected chi connectivity index (χ3v) is 3.41. The molecule has 7 nitrogen and oxygen atoms in total. The van der Waals surface area contributed by atoms with Gasteiger partial charge < -0.3 is 15.0 Å². The molecular formula is C13H20N4O3. The van der Waals surface area contributed by atoms with Crippen LogP contribution in [-0.4, -0.2) is 49.5 Å². The lowest BCUT2D eigenvalue weighted by atomic mass is 9.97. The van der Waals surface area contributed by atoms with Crippen LogP contribution in [0.25, 0.3) is 0 Å². The smallest absolute Gasteiger partial charge is 0.266 e. The van der Waals surface area contributed by atoms with E-state index in [0.717, 1.165) is 25.1 Å². The number of rotatable bonds is 5. The quantitative estimate of drug-likeness (QED) is 0.726. The lowest BCUT2D eigenvalue weighted by Gasteiger charge is -2.33. The number of methoxy groups -OCH3 is 1. The average Bonchev–Trinajstić information content (AvgIpc) is 2.47. The van der Waals surface area contributed by atoms with Crippen LogP contribution >= 0.6 is 0 Å². The van der Waals surface area contributed by atoms with Crippen molar-refractivity contribution in [1.82, 2.24) is 15.5 Å². The van der Waals surface area contributed by atoms with Gasteiger partial charge in [0.15, 0.2) is 0 Å². The number of piperidine rings is 1. The van der Waals surface area contributed by atoms with E-state index < -0.39 is 0 Å². The molecule has 1 atom stereocenters. The number of hydrogen-bond donors (Lipinski definition) is 2. The van der Waals surface area contributed by atoms with Gasteiger partial charge in [-0.15, -0.1) is 0 Å². The Bertz CT molecular complexity index is 502. The molecule has 2 heterocycles. The molecule has 1 unspecified atom stereocenters. The first-order valence-electron chi connectivity index (χ1n) is 6.77. The largest absolute Gasteiger partial charge is 0.383 e. The lowest BCUT2D eigenvalue weighted by molar-refractivity contribution is -0.125. The van der Waals surface area contributed by atoms with Crippen LogP contribution in [0.3, 0.4) is 0 Å². The maximum atomic E-state index is 12.0. The Morgan fingerprint density at radius 3 is 3.25 bits per heavy atom. The Labute approximate surface area is 117 Å². The number of amides is 1. The van der Waals surface area contributed by atoms with Crippen molar-refractivity contribution in [3.05, 3.63) is 22.6 Å². The molecule has 20 heavy (non-hydrogen) atoms. The van der Waals surface area contributed by atoms with Crippen molar-refractivity contribution >= 4 is 11.6 Å². The molecule has 2 rings (SSSR count). The number of nitrogens with zero attached hydrogens (tertiary/aromatic N) is 2. The van der Waals surface area contributed by atoms with Crippen molar-refractivity contribution in [2.24, 2.45) is 5.92 Å². The van der Waals surface area contributed by atoms with Crippen molar-refractivity contribution in [3.63, 3.8) is 0 Å². The third-order valence-electron chi connectivity index (χ3n) is 3.41. The Kier molecular flexibility index (Phi) is 5.11. The SMILES string of the molecule is COCCNC(=O)C1CCCN(c2cn[nH]c(=O)c2)C1. The fraction of sp³-hybridized carbons (Fsp3) is 0.615. The standard InChI is InChI=1S/C13H20N4O3/c1-20-6-4-14-13(19)10-3-2-5-17(9-10)11-7-12(18)16-15-8-11/h7-8,10H,2-6,9H2,1H3,(H,14,19)(H,16,18). The summed E-state index contributed by atoms with van der Waals surface area (Å²) in [6.07, 6.45) is 3.41. The van der Waals surface area contributed by atoms with E-state index in [1.165, 1.54) is 6.07 Å². The van der Waals surface area contributed by atoms with Crippen LogP contribution in [0, 0.1) is 5.92 Å². The molecule has 1 aliphatic rings. The first kappa shape index (κ1) is 14.5. The number of hydrogen-bond acceptors (Lipinski definition) is 5. The van der Waals surface area contributed by atoms with Gasteiger partial charge in [0.05, 0.1) is 24.4 Å². The van der Waals surface area contributed by atoms with E-state index in [9.17, 15) is 9.59 Å². The summed E-state index contributed by atoms with van der Waals surface area (Å²) in [5, 5.41) is 9.01. The number of carbonyl (C=O) groups excluding carboxylic acids is 1. The van der Waals surface area contributed by atoms with Crippen LogP contribution in [-0.2, 0) is 9.53 Å². The Balaban J connectivity index is 1.94. The average molecular weight is 280 g/mol. The molecule has 0 saturated carbocycles. The van der Waals surface area contributed by atoms with Crippen LogP contribution in [0.5, 0.6) is 0 Å². The fourth-order valence-electron chi connectivity index (χ4n) is 2.39. The van der Waals surface area contributed by atoms with E-state index in [4.69, 9.17) is 4.74 Å². The summed E-state index contributed by atoms with van der Waals surface area (Å²) in [4.78, 5) is 25.4. The Morgan fingerprint density at radius 2 is 2.50 bits per heavy atom. The molecule has 1 aliphatic heterocycles. The normalized spacial score (nSPS) is 18.9. The van der Waals surface area contributed by atoms with E-state index >= 15 is 0 Å². The zero-order valence-electron chi connectivity index (χ0n) is 11.6. The van der Waals surface area contributed by atoms with Crippen LogP contribution < -0.4 is 15.8 Å². The zero-order chi connectivity index (χ0) is 14.4. The van der Waals surface area contributed by atoms with E-state index in [1.807, 2.05) is 4.90 Å². The minimum absolute atomic E-state index is 0.0459. The second kappa shape index (κ2) is 7.04. The monoisotopic (exact) mass is 280 g/mol. The number of ether oxygens (including phenoxy) is 1. The number of nitrogens with one attached hydrogen (secondary N) is 2. The van der Waals surface area contributed by atoms with E-state index in [1.54, 1.807) is 13.3 Å². The van der Waals surface area contributed by atoms with Gasteiger partial charge in [-0.2, -0.15) is 5.10 Å². The number of carbonyl (C=O) groups is 1. The van der Waals surface area contributed by atoms with Gasteiger partial charge in [-0.05, 0) is 12.8 Å². The molecule has 0 spiro atoms. The van der Waals surface area contributed by atoms with Gasteiger partial charge in [0.2, 0.25) is 5.91 Å². The van der Waals surface area contributed by atoms with Crippen molar-refractivity contribution in [2.45, 2.75) is 12.8 Å². The number of anilines is 1. The highest BCUT2D eigenvalue weighted by Crippen LogP contribution is 2.21. The third kappa shape index (κ3) is 3.80. The summed E-state index contributed by atoms with van der Waals surface area (Å²) in [5.41, 5.74) is 0.539. The van der Waals surface area contributed by atoms with Crippen molar-refractivity contribution < 1.29 is 9.53 Å². The molecule has 0 aromatic carbocycles. The van der Waals surface area contributed by atoms with Crippen molar-refractivity contribution in [3.8, 4) is 0 Å². The number of aromatic amines is 1. The zero-order valence-corrected chi connectivity index (χ0v) is 11.6. The van der Waals surface area contributed by atoms with Gasteiger partial charge in [-0.1, -0.05) is 0 Å². The molecule has 0 aliphatic carbocycles. The minimum atomic E-state index is -0.228. The molecule has 0 bridgehead atoms. The highest BCUT2D eigenvalue weighted by Gasteiger charge is 2.25. The highest BCUT2D eigenvalue weighted by molar-refractivity contribution is 5.79. The van der Waals surface area contributed by atoms with E-state index in [0.29, 0.717) is 19.7 Å². The predicted octanol–water partition coefficient (Wildman–Crippen LogP) is -0.251. The maximum absolute atomic E-state index is 12.0. The molecule has 1 amide bonds. The summed E-state index contributed by atoms with van der Waals surface area (Å²) >= 11 is 0. The van der Waals surface area contributed by atoms with E-state index in [2.05, 4.69) is 15.5 Å². The number of H-pyrrole nitrogens is 1. The lowest BCUT2D eigenvalue weighted by Crippen LogP contribution is -2.44. The van der Waals surface area contributed by atoms with Gasteiger partial charge in [-0.3, -0.25) is 9.59 Å². The second-order valence-corrected chi connectivity index (χ2v) is 4.87. The van der Waals surface area contributed by atoms with Crippen LogP contribution in [0.15, 0.2) is 17.1 Å². The molecule has 1 fully saturated rings. The second-order valence-electron chi connectivity index (χ2n) is 4.87. The molecule has 1 aromatic heterocycles. The summed E-state index contributed by atoms with van der Waals surface area (Å²) < 4.78 is 4.91. The van der Waals surface area contributed by atoms with Crippen LogP contribution in [0.2, 0.25) is 0 Å². The number of aromatic nitrogens is 2. The topological polar surface area (TPSA) is 87.3 Å². The van der Waals surface area contributed by atoms with Gasteiger partial charge in [-0.25, -0.2) is 5.10 Å². The summed E-state index contributed by atoms with van der Waals surface area (Å²) in [5.74, 6) is -0.00977. The molecule has 1 saturated heterocycles. The molecular weight excluding hydrogens is 260 g/mol. The Morgan fingerprint density at radius 1 is 1.65 bits per heavy atom. The fourth-order valence-corrected chi connectivity index (χ4v) is 2.39. The molecule has 7 heteroatoms. The molecule has 0 radical (unpaired) electrons. The maximum Gasteiger partial charge on any atom is 0.266 e. The van der Waals surface area contributed by atoms with Gasteiger partial charge in [0.1, 0.15) is 0 Å². The molecule has 2 N–H and O–H groups in total. The van der Waals surface area contributed by atoms with Crippen molar-refractivity contribution in [2.75, 3.05) is 38.3 Å². The van der Waals surface area contributed by atoms with Crippen molar-refractivity contribution in [1.29, 1.82) is 0 Å². The Hall–Kier alpha value is -1.89. The molecule has 1 aromatic rings.